The second-order valence-corrected chi connectivity index (χ2v) is 5.59. The van der Waals surface area contributed by atoms with Gasteiger partial charge in [0.1, 0.15) is 22.9 Å². The van der Waals surface area contributed by atoms with Crippen LogP contribution in [0.1, 0.15) is 13.8 Å². The monoisotopic (exact) mass is 363 g/mol. The SMILES string of the molecule is CCN(CC)c1ccc(N=Nc2cc(Br)ccc2O)c(O)c1. The maximum absolute atomic E-state index is 10.1. The van der Waals surface area contributed by atoms with E-state index < -0.39 is 0 Å². The van der Waals surface area contributed by atoms with Crippen LogP contribution in [0.25, 0.3) is 0 Å². The molecular formula is C16H18BrN3O2. The van der Waals surface area contributed by atoms with E-state index in [1.54, 1.807) is 24.3 Å². The van der Waals surface area contributed by atoms with Gasteiger partial charge >= 0.3 is 0 Å². The molecule has 0 aliphatic rings. The van der Waals surface area contributed by atoms with E-state index in [0.29, 0.717) is 11.4 Å². The first-order valence-electron chi connectivity index (χ1n) is 7.03. The lowest BCUT2D eigenvalue weighted by Crippen LogP contribution is -2.21. The summed E-state index contributed by atoms with van der Waals surface area (Å²) in [4.78, 5) is 2.13. The first kappa shape index (κ1) is 16.3. The van der Waals surface area contributed by atoms with Gasteiger partial charge in [-0.3, -0.25) is 0 Å². The lowest BCUT2D eigenvalue weighted by molar-refractivity contribution is 0.474. The molecule has 0 saturated carbocycles. The molecule has 0 spiro atoms. The van der Waals surface area contributed by atoms with Crippen molar-refractivity contribution in [3.8, 4) is 11.5 Å². The Morgan fingerprint density at radius 1 is 0.909 bits per heavy atom. The van der Waals surface area contributed by atoms with Gasteiger partial charge in [0.05, 0.1) is 0 Å². The second-order valence-electron chi connectivity index (χ2n) is 4.68. The van der Waals surface area contributed by atoms with Crippen molar-refractivity contribution < 1.29 is 10.2 Å². The highest BCUT2D eigenvalue weighted by Crippen LogP contribution is 2.35. The molecule has 22 heavy (non-hydrogen) atoms. The van der Waals surface area contributed by atoms with Crippen LogP contribution in [0.2, 0.25) is 0 Å². The zero-order valence-electron chi connectivity index (χ0n) is 12.5. The number of azo groups is 1. The van der Waals surface area contributed by atoms with Gasteiger partial charge in [-0.15, -0.1) is 10.2 Å². The third kappa shape index (κ3) is 3.76. The Morgan fingerprint density at radius 2 is 1.59 bits per heavy atom. The van der Waals surface area contributed by atoms with Crippen molar-refractivity contribution in [3.05, 3.63) is 40.9 Å². The van der Waals surface area contributed by atoms with Gasteiger partial charge < -0.3 is 15.1 Å². The Bertz CT molecular complexity index is 685. The van der Waals surface area contributed by atoms with Crippen molar-refractivity contribution in [1.29, 1.82) is 0 Å². The molecule has 6 heteroatoms. The lowest BCUT2D eigenvalue weighted by Gasteiger charge is -2.21. The number of nitrogens with zero attached hydrogens (tertiary/aromatic N) is 3. The molecule has 0 heterocycles. The van der Waals surface area contributed by atoms with E-state index >= 15 is 0 Å². The summed E-state index contributed by atoms with van der Waals surface area (Å²) in [5.74, 6) is 0.0915. The average molecular weight is 364 g/mol. The van der Waals surface area contributed by atoms with Crippen molar-refractivity contribution in [2.24, 2.45) is 10.2 Å². The van der Waals surface area contributed by atoms with Crippen LogP contribution in [0.3, 0.4) is 0 Å². The predicted octanol–water partition coefficient (Wildman–Crippen LogP) is 5.12. The summed E-state index contributed by atoms with van der Waals surface area (Å²) in [5, 5.41) is 27.8. The van der Waals surface area contributed by atoms with Gasteiger partial charge in [0.15, 0.2) is 0 Å². The fraction of sp³-hybridized carbons (Fsp3) is 0.250. The van der Waals surface area contributed by atoms with Crippen molar-refractivity contribution >= 4 is 33.0 Å². The molecule has 0 saturated heterocycles. The summed E-state index contributed by atoms with van der Waals surface area (Å²) in [6, 6.07) is 10.2. The molecule has 5 nitrogen and oxygen atoms in total. The summed E-state index contributed by atoms with van der Waals surface area (Å²) in [7, 11) is 0. The zero-order chi connectivity index (χ0) is 16.1. The highest BCUT2D eigenvalue weighted by Gasteiger charge is 2.07. The van der Waals surface area contributed by atoms with E-state index in [-0.39, 0.29) is 11.5 Å². The van der Waals surface area contributed by atoms with Crippen LogP contribution in [-0.4, -0.2) is 23.3 Å². The minimum Gasteiger partial charge on any atom is -0.506 e. The molecule has 0 unspecified atom stereocenters. The van der Waals surface area contributed by atoms with Crippen molar-refractivity contribution in [1.82, 2.24) is 0 Å². The first-order chi connectivity index (χ1) is 10.5. The minimum absolute atomic E-state index is 0.0335. The Labute approximate surface area is 138 Å². The summed E-state index contributed by atoms with van der Waals surface area (Å²) in [5.41, 5.74) is 1.63. The molecule has 2 aromatic carbocycles. The Kier molecular flexibility index (Phi) is 5.38. The van der Waals surface area contributed by atoms with Gasteiger partial charge in [-0.1, -0.05) is 15.9 Å². The van der Waals surface area contributed by atoms with Gasteiger partial charge in [0.2, 0.25) is 0 Å². The molecule has 2 N–H and O–H groups in total. The standard InChI is InChI=1S/C16H18BrN3O2/c1-3-20(4-2)12-6-7-13(16(22)10-12)18-19-14-9-11(17)5-8-15(14)21/h5-10,21-22H,3-4H2,1-2H3. The van der Waals surface area contributed by atoms with Crippen molar-refractivity contribution in [3.63, 3.8) is 0 Å². The normalized spacial score (nSPS) is 11.0. The molecule has 2 aromatic rings. The summed E-state index contributed by atoms with van der Waals surface area (Å²) >= 11 is 3.31. The maximum Gasteiger partial charge on any atom is 0.145 e. The highest BCUT2D eigenvalue weighted by atomic mass is 79.9. The lowest BCUT2D eigenvalue weighted by atomic mass is 10.2. The second kappa shape index (κ2) is 7.26. The van der Waals surface area contributed by atoms with E-state index in [9.17, 15) is 10.2 Å². The number of anilines is 1. The highest BCUT2D eigenvalue weighted by molar-refractivity contribution is 9.10. The summed E-state index contributed by atoms with van der Waals surface area (Å²) in [6.07, 6.45) is 0. The Morgan fingerprint density at radius 3 is 2.23 bits per heavy atom. The third-order valence-corrected chi connectivity index (χ3v) is 3.78. The van der Waals surface area contributed by atoms with Crippen molar-refractivity contribution in [2.45, 2.75) is 13.8 Å². The van der Waals surface area contributed by atoms with E-state index in [1.165, 1.54) is 6.07 Å². The molecule has 0 aliphatic carbocycles. The number of halogens is 1. The van der Waals surface area contributed by atoms with Crippen LogP contribution in [0.5, 0.6) is 11.5 Å². The van der Waals surface area contributed by atoms with Gasteiger partial charge in [-0.05, 0) is 44.2 Å². The molecular weight excluding hydrogens is 346 g/mol. The first-order valence-corrected chi connectivity index (χ1v) is 7.82. The van der Waals surface area contributed by atoms with Gasteiger partial charge in [-0.2, -0.15) is 0 Å². The van der Waals surface area contributed by atoms with E-state index in [4.69, 9.17) is 0 Å². The molecule has 2 rings (SSSR count). The van der Waals surface area contributed by atoms with Crippen LogP contribution >= 0.6 is 15.9 Å². The largest absolute Gasteiger partial charge is 0.506 e. The number of hydrogen-bond donors (Lipinski definition) is 2. The fourth-order valence-corrected chi connectivity index (χ4v) is 2.42. The third-order valence-electron chi connectivity index (χ3n) is 3.29. The topological polar surface area (TPSA) is 68.4 Å². The van der Waals surface area contributed by atoms with Crippen LogP contribution in [-0.2, 0) is 0 Å². The fourth-order valence-electron chi connectivity index (χ4n) is 2.07. The van der Waals surface area contributed by atoms with Gasteiger partial charge in [-0.25, -0.2) is 0 Å². The van der Waals surface area contributed by atoms with Crippen molar-refractivity contribution in [2.75, 3.05) is 18.0 Å². The smallest absolute Gasteiger partial charge is 0.145 e. The van der Waals surface area contributed by atoms with Crippen LogP contribution in [0, 0.1) is 0 Å². The Balaban J connectivity index is 2.26. The zero-order valence-corrected chi connectivity index (χ0v) is 14.1. The number of aromatic hydroxyl groups is 2. The summed E-state index contributed by atoms with van der Waals surface area (Å²) in [6.45, 7) is 5.85. The van der Waals surface area contributed by atoms with Crippen LogP contribution < -0.4 is 4.90 Å². The van der Waals surface area contributed by atoms with Gasteiger partial charge in [0.25, 0.3) is 0 Å². The number of rotatable bonds is 5. The summed E-state index contributed by atoms with van der Waals surface area (Å²) < 4.78 is 0.792. The van der Waals surface area contributed by atoms with E-state index in [1.807, 2.05) is 6.07 Å². The molecule has 0 fully saturated rings. The molecule has 0 aliphatic heterocycles. The molecule has 0 radical (unpaired) electrons. The molecule has 116 valence electrons. The maximum atomic E-state index is 10.1. The number of phenolic OH excluding ortho intramolecular Hbond substituents is 2. The molecule has 0 atom stereocenters. The average Bonchev–Trinajstić information content (AvgIpc) is 2.51. The van der Waals surface area contributed by atoms with E-state index in [0.717, 1.165) is 23.2 Å². The quantitative estimate of drug-likeness (QED) is 0.724. The van der Waals surface area contributed by atoms with Crippen LogP contribution in [0.15, 0.2) is 51.1 Å². The molecule has 0 bridgehead atoms. The molecule has 0 aromatic heterocycles. The molecule has 0 amide bonds. The number of benzene rings is 2. The van der Waals surface area contributed by atoms with E-state index in [2.05, 4.69) is 44.9 Å². The minimum atomic E-state index is 0.0335. The Hall–Kier alpha value is -2.08. The number of phenols is 2. The van der Waals surface area contributed by atoms with Gasteiger partial charge in [0, 0.05) is 29.3 Å². The number of hydrogen-bond acceptors (Lipinski definition) is 5. The van der Waals surface area contributed by atoms with Crippen LogP contribution in [0.4, 0.5) is 17.1 Å². The predicted molar refractivity (Wildman–Crippen MR) is 91.7 cm³/mol.